The van der Waals surface area contributed by atoms with Gasteiger partial charge in [-0.25, -0.2) is 0 Å². The van der Waals surface area contributed by atoms with Gasteiger partial charge in [-0.1, -0.05) is 276 Å². The molecule has 1 aliphatic heterocycles. The number of ether oxygens (including phenoxy) is 3. The zero-order valence-corrected chi connectivity index (χ0v) is 49.4. The SMILES string of the molecule is CCCCC/C=C\C/C=C\CCCCCCCCCCCCC(O)C(=O)NC(COC1OC(CO)C(O)C(O)C1OC(=O)CCCCCCCCCCCCCCCC)C(O)/C=C/CCCCCCCCCCCCC. The van der Waals surface area contributed by atoms with Crippen LogP contribution in [0.4, 0.5) is 0 Å². The van der Waals surface area contributed by atoms with Crippen molar-refractivity contribution < 1.29 is 49.3 Å². The molecule has 1 heterocycles. The second kappa shape index (κ2) is 53.5. The lowest BCUT2D eigenvalue weighted by molar-refractivity contribution is -0.305. The number of amides is 1. The van der Waals surface area contributed by atoms with Crippen LogP contribution in [0, 0.1) is 0 Å². The maximum absolute atomic E-state index is 13.4. The fourth-order valence-corrected chi connectivity index (χ4v) is 10.2. The zero-order chi connectivity index (χ0) is 55.4. The molecule has 8 atom stereocenters. The molecule has 0 aromatic carbocycles. The standard InChI is InChI=1S/C65H121NO10/c1-4-7-10-13-16-19-22-25-27-28-29-30-31-32-34-37-40-43-46-49-52-58(69)64(73)66-56(57(68)51-48-45-42-39-36-33-24-21-18-15-12-9-6-3)55-74-65-63(62(72)61(71)59(54-67)75-65)76-60(70)53-50-47-44-41-38-35-26-23-20-17-14-11-8-5-2/h16,19,25,27,48,51,56-59,61-63,65,67-69,71-72H,4-15,17-18,20-24,26,28-47,49-50,52-55H2,1-3H3,(H,66,73)/b19-16-,27-25-,51-48+. The number of unbranched alkanes of at least 4 members (excludes halogenated alkanes) is 37. The van der Waals surface area contributed by atoms with Crippen molar-refractivity contribution in [3.8, 4) is 0 Å². The number of aliphatic hydroxyl groups is 5. The molecule has 11 nitrogen and oxygen atoms in total. The smallest absolute Gasteiger partial charge is 0.306 e. The summed E-state index contributed by atoms with van der Waals surface area (Å²) in [7, 11) is 0. The van der Waals surface area contributed by atoms with Crippen LogP contribution >= 0.6 is 0 Å². The first-order valence-corrected chi connectivity index (χ1v) is 32.3. The van der Waals surface area contributed by atoms with Gasteiger partial charge in [-0.3, -0.25) is 9.59 Å². The van der Waals surface area contributed by atoms with Crippen molar-refractivity contribution in [2.24, 2.45) is 0 Å². The van der Waals surface area contributed by atoms with Crippen molar-refractivity contribution in [2.75, 3.05) is 13.2 Å². The molecule has 0 radical (unpaired) electrons. The Bertz CT molecular complexity index is 1380. The zero-order valence-electron chi connectivity index (χ0n) is 49.4. The van der Waals surface area contributed by atoms with Crippen molar-refractivity contribution >= 4 is 11.9 Å². The van der Waals surface area contributed by atoms with Gasteiger partial charge in [-0.2, -0.15) is 0 Å². The number of hydrogen-bond donors (Lipinski definition) is 6. The minimum atomic E-state index is -1.61. The molecule has 6 N–H and O–H groups in total. The van der Waals surface area contributed by atoms with Gasteiger partial charge < -0.3 is 45.1 Å². The second-order valence-electron chi connectivity index (χ2n) is 22.5. The Morgan fingerprint density at radius 1 is 0.513 bits per heavy atom. The van der Waals surface area contributed by atoms with E-state index in [4.69, 9.17) is 14.2 Å². The van der Waals surface area contributed by atoms with E-state index in [1.165, 1.54) is 186 Å². The highest BCUT2D eigenvalue weighted by Crippen LogP contribution is 2.26. The third-order valence-corrected chi connectivity index (χ3v) is 15.3. The molecule has 0 aliphatic carbocycles. The molecule has 446 valence electrons. The van der Waals surface area contributed by atoms with Gasteiger partial charge >= 0.3 is 5.97 Å². The Kier molecular flexibility index (Phi) is 50.6. The lowest BCUT2D eigenvalue weighted by Gasteiger charge is -2.41. The molecule has 1 saturated heterocycles. The summed E-state index contributed by atoms with van der Waals surface area (Å²) in [5.74, 6) is -1.18. The topological polar surface area (TPSA) is 175 Å². The van der Waals surface area contributed by atoms with Crippen molar-refractivity contribution in [1.82, 2.24) is 5.32 Å². The van der Waals surface area contributed by atoms with Crippen molar-refractivity contribution in [1.29, 1.82) is 0 Å². The molecule has 11 heteroatoms. The average Bonchev–Trinajstić information content (AvgIpc) is 3.42. The third-order valence-electron chi connectivity index (χ3n) is 15.3. The van der Waals surface area contributed by atoms with E-state index >= 15 is 0 Å². The van der Waals surface area contributed by atoms with Crippen LogP contribution in [0.25, 0.3) is 0 Å². The molecule has 0 bridgehead atoms. The van der Waals surface area contributed by atoms with Gasteiger partial charge in [0.1, 0.15) is 24.4 Å². The van der Waals surface area contributed by atoms with E-state index in [0.29, 0.717) is 19.3 Å². The maximum Gasteiger partial charge on any atom is 0.306 e. The minimum Gasteiger partial charge on any atom is -0.454 e. The highest BCUT2D eigenvalue weighted by Gasteiger charge is 2.47. The minimum absolute atomic E-state index is 0.128. The molecule has 1 rings (SSSR count). The van der Waals surface area contributed by atoms with Crippen LogP contribution in [0.5, 0.6) is 0 Å². The van der Waals surface area contributed by atoms with Crippen LogP contribution in [0.3, 0.4) is 0 Å². The lowest BCUT2D eigenvalue weighted by Crippen LogP contribution is -2.61. The molecule has 1 amide bonds. The fourth-order valence-electron chi connectivity index (χ4n) is 10.2. The van der Waals surface area contributed by atoms with Gasteiger partial charge in [0.05, 0.1) is 25.4 Å². The van der Waals surface area contributed by atoms with Crippen molar-refractivity contribution in [2.45, 2.75) is 352 Å². The maximum atomic E-state index is 13.4. The van der Waals surface area contributed by atoms with Crippen LogP contribution < -0.4 is 5.32 Å². The molecule has 0 aromatic rings. The van der Waals surface area contributed by atoms with Crippen molar-refractivity contribution in [3.05, 3.63) is 36.5 Å². The molecule has 0 aromatic heterocycles. The number of esters is 1. The van der Waals surface area contributed by atoms with Crippen LogP contribution in [-0.4, -0.2) is 99.6 Å². The molecular formula is C65H121NO10. The Labute approximate surface area is 466 Å². The summed E-state index contributed by atoms with van der Waals surface area (Å²) in [6, 6.07) is -1.02. The van der Waals surface area contributed by atoms with Gasteiger partial charge in [0.2, 0.25) is 5.91 Å². The van der Waals surface area contributed by atoms with E-state index < -0.39 is 67.4 Å². The number of allylic oxidation sites excluding steroid dienone is 5. The monoisotopic (exact) mass is 1080 g/mol. The summed E-state index contributed by atoms with van der Waals surface area (Å²) in [4.78, 5) is 26.6. The Morgan fingerprint density at radius 2 is 0.908 bits per heavy atom. The first-order valence-electron chi connectivity index (χ1n) is 32.3. The summed E-state index contributed by atoms with van der Waals surface area (Å²) >= 11 is 0. The summed E-state index contributed by atoms with van der Waals surface area (Å²) in [6.45, 7) is 5.79. The van der Waals surface area contributed by atoms with E-state index in [2.05, 4.69) is 50.4 Å². The van der Waals surface area contributed by atoms with E-state index in [-0.39, 0.29) is 13.0 Å². The van der Waals surface area contributed by atoms with Gasteiger partial charge in [0, 0.05) is 6.42 Å². The van der Waals surface area contributed by atoms with E-state index in [9.17, 15) is 35.1 Å². The predicted molar refractivity (Wildman–Crippen MR) is 315 cm³/mol. The first kappa shape index (κ1) is 71.9. The lowest BCUT2D eigenvalue weighted by atomic mass is 9.99. The van der Waals surface area contributed by atoms with Gasteiger partial charge in [0.25, 0.3) is 0 Å². The summed E-state index contributed by atoms with van der Waals surface area (Å²) in [6.07, 6.45) is 53.2. The number of carbonyl (C=O) groups excluding carboxylic acids is 2. The molecule has 0 spiro atoms. The molecule has 76 heavy (non-hydrogen) atoms. The van der Waals surface area contributed by atoms with Gasteiger partial charge in [0.15, 0.2) is 12.4 Å². The largest absolute Gasteiger partial charge is 0.454 e. The Hall–Kier alpha value is -2.12. The number of rotatable bonds is 55. The number of carbonyl (C=O) groups is 2. The number of aliphatic hydroxyl groups excluding tert-OH is 5. The molecule has 1 aliphatic rings. The van der Waals surface area contributed by atoms with Crippen LogP contribution in [0.2, 0.25) is 0 Å². The highest BCUT2D eigenvalue weighted by molar-refractivity contribution is 5.80. The van der Waals surface area contributed by atoms with Crippen LogP contribution in [-0.2, 0) is 23.8 Å². The van der Waals surface area contributed by atoms with E-state index in [0.717, 1.165) is 70.6 Å². The Balaban J connectivity index is 2.66. The number of hydrogen-bond acceptors (Lipinski definition) is 10. The van der Waals surface area contributed by atoms with E-state index in [1.54, 1.807) is 6.08 Å². The second-order valence-corrected chi connectivity index (χ2v) is 22.5. The molecule has 8 unspecified atom stereocenters. The summed E-state index contributed by atoms with van der Waals surface area (Å²) in [5.41, 5.74) is 0. The fraction of sp³-hybridized carbons (Fsp3) is 0.877. The summed E-state index contributed by atoms with van der Waals surface area (Å²) in [5, 5.41) is 57.0. The third kappa shape index (κ3) is 41.0. The predicted octanol–water partition coefficient (Wildman–Crippen LogP) is 15.5. The van der Waals surface area contributed by atoms with Gasteiger partial charge in [-0.05, 0) is 57.8 Å². The average molecular weight is 1080 g/mol. The first-order chi connectivity index (χ1) is 37.2. The van der Waals surface area contributed by atoms with Crippen LogP contribution in [0.1, 0.15) is 303 Å². The molecule has 0 saturated carbocycles. The Morgan fingerprint density at radius 3 is 1.37 bits per heavy atom. The van der Waals surface area contributed by atoms with Crippen LogP contribution in [0.15, 0.2) is 36.5 Å². The van der Waals surface area contributed by atoms with Crippen molar-refractivity contribution in [3.63, 3.8) is 0 Å². The highest BCUT2D eigenvalue weighted by atomic mass is 16.7. The quantitative estimate of drug-likeness (QED) is 0.0195. The normalized spacial score (nSPS) is 19.3. The molecule has 1 fully saturated rings. The molecular weight excluding hydrogens is 955 g/mol. The van der Waals surface area contributed by atoms with Gasteiger partial charge in [-0.15, -0.1) is 0 Å². The number of nitrogens with one attached hydrogen (secondary N) is 1. The summed E-state index contributed by atoms with van der Waals surface area (Å²) < 4.78 is 17.6. The van der Waals surface area contributed by atoms with E-state index in [1.807, 2.05) is 6.08 Å².